The van der Waals surface area contributed by atoms with Crippen LogP contribution in [0.15, 0.2) is 30.3 Å². The maximum atomic E-state index is 10.9. The molecular weight excluding hydrogens is 204 g/mol. The van der Waals surface area contributed by atoms with E-state index in [1.807, 2.05) is 30.3 Å². The van der Waals surface area contributed by atoms with E-state index in [0.29, 0.717) is 32.3 Å². The lowest BCUT2D eigenvalue weighted by Gasteiger charge is -2.23. The molecule has 0 radical (unpaired) electrons. The Morgan fingerprint density at radius 1 is 1.31 bits per heavy atom. The van der Waals surface area contributed by atoms with Gasteiger partial charge in [0.15, 0.2) is 12.0 Å². The second kappa shape index (κ2) is 6.37. The van der Waals surface area contributed by atoms with Gasteiger partial charge in [-0.25, -0.2) is 0 Å². The number of nitrogens with two attached hydrogens (primary N) is 2. The number of benzene rings is 1. The molecule has 1 aromatic rings. The van der Waals surface area contributed by atoms with Crippen LogP contribution in [0.4, 0.5) is 0 Å². The van der Waals surface area contributed by atoms with Crippen molar-refractivity contribution in [2.45, 2.75) is 25.2 Å². The summed E-state index contributed by atoms with van der Waals surface area (Å²) in [5.74, 6) is 0. The smallest absolute Gasteiger partial charge is 0.173 e. The summed E-state index contributed by atoms with van der Waals surface area (Å²) in [7, 11) is 0. The van der Waals surface area contributed by atoms with Gasteiger partial charge in [-0.1, -0.05) is 30.3 Å². The first-order chi connectivity index (χ1) is 7.70. The summed E-state index contributed by atoms with van der Waals surface area (Å²) in [4.78, 5) is 10.9. The van der Waals surface area contributed by atoms with Crippen LogP contribution >= 0.6 is 0 Å². The van der Waals surface area contributed by atoms with Crippen LogP contribution in [0.1, 0.15) is 18.4 Å². The van der Waals surface area contributed by atoms with Crippen molar-refractivity contribution < 1.29 is 9.53 Å². The average Bonchev–Trinajstić information content (AvgIpc) is 2.35. The van der Waals surface area contributed by atoms with Crippen molar-refractivity contribution in [2.75, 3.05) is 6.54 Å². The van der Waals surface area contributed by atoms with Gasteiger partial charge in [0.1, 0.15) is 0 Å². The predicted molar refractivity (Wildman–Crippen MR) is 62.5 cm³/mol. The maximum Gasteiger partial charge on any atom is 0.173 e. The fourth-order valence-corrected chi connectivity index (χ4v) is 1.34. The molecule has 0 saturated heterocycles. The van der Waals surface area contributed by atoms with Gasteiger partial charge in [-0.2, -0.15) is 0 Å². The highest BCUT2D eigenvalue weighted by atomic mass is 16.5. The van der Waals surface area contributed by atoms with Gasteiger partial charge < -0.3 is 10.5 Å². The lowest BCUT2D eigenvalue weighted by atomic mass is 10.1. The van der Waals surface area contributed by atoms with E-state index in [4.69, 9.17) is 16.2 Å². The highest BCUT2D eigenvalue weighted by molar-refractivity contribution is 5.61. The zero-order valence-corrected chi connectivity index (χ0v) is 9.26. The maximum absolute atomic E-state index is 10.9. The Kier molecular flexibility index (Phi) is 5.11. The van der Waals surface area contributed by atoms with Crippen LogP contribution in [0.25, 0.3) is 0 Å². The Labute approximate surface area is 95.6 Å². The molecule has 1 atom stereocenters. The summed E-state index contributed by atoms with van der Waals surface area (Å²) in [5.41, 5.74) is 10.9. The lowest BCUT2D eigenvalue weighted by Crippen LogP contribution is -2.44. The fourth-order valence-electron chi connectivity index (χ4n) is 1.34. The zero-order chi connectivity index (χ0) is 11.9. The van der Waals surface area contributed by atoms with Crippen molar-refractivity contribution in [1.29, 1.82) is 0 Å². The van der Waals surface area contributed by atoms with Gasteiger partial charge in [0.05, 0.1) is 6.61 Å². The molecule has 0 saturated carbocycles. The Morgan fingerprint density at radius 3 is 2.56 bits per heavy atom. The van der Waals surface area contributed by atoms with E-state index in [1.54, 1.807) is 0 Å². The Balaban J connectivity index is 2.48. The summed E-state index contributed by atoms with van der Waals surface area (Å²) in [6.07, 6.45) is 1.76. The van der Waals surface area contributed by atoms with E-state index < -0.39 is 5.72 Å². The molecule has 0 fully saturated rings. The molecular formula is C12H18N2O2. The third-order valence-electron chi connectivity index (χ3n) is 2.32. The van der Waals surface area contributed by atoms with Gasteiger partial charge >= 0.3 is 0 Å². The van der Waals surface area contributed by atoms with Crippen molar-refractivity contribution in [3.8, 4) is 0 Å². The minimum atomic E-state index is -1.21. The minimum absolute atomic E-state index is 0.334. The molecule has 0 aliphatic carbocycles. The van der Waals surface area contributed by atoms with Gasteiger partial charge in [0.25, 0.3) is 0 Å². The molecule has 0 aliphatic rings. The second-order valence-corrected chi connectivity index (χ2v) is 3.74. The molecule has 88 valence electrons. The molecule has 16 heavy (non-hydrogen) atoms. The molecule has 0 aromatic heterocycles. The zero-order valence-electron chi connectivity index (χ0n) is 9.26. The number of hydrogen-bond acceptors (Lipinski definition) is 4. The van der Waals surface area contributed by atoms with E-state index in [1.165, 1.54) is 0 Å². The largest absolute Gasteiger partial charge is 0.349 e. The quantitative estimate of drug-likeness (QED) is 0.528. The second-order valence-electron chi connectivity index (χ2n) is 3.74. The number of carbonyl (C=O) groups is 1. The Morgan fingerprint density at radius 2 is 2.00 bits per heavy atom. The highest BCUT2D eigenvalue weighted by Gasteiger charge is 2.24. The standard InChI is InChI=1S/C12H18N2O2/c13-8-4-7-12(14,10-15)16-9-11-5-2-1-3-6-11/h1-3,5-6,10H,4,7-9,13-14H2. The van der Waals surface area contributed by atoms with Crippen LogP contribution < -0.4 is 11.5 Å². The number of aldehydes is 1. The highest BCUT2D eigenvalue weighted by Crippen LogP contribution is 2.12. The fraction of sp³-hybridized carbons (Fsp3) is 0.417. The van der Waals surface area contributed by atoms with Gasteiger partial charge in [-0.05, 0) is 24.9 Å². The third kappa shape index (κ3) is 4.10. The van der Waals surface area contributed by atoms with E-state index in [0.717, 1.165) is 5.56 Å². The lowest BCUT2D eigenvalue weighted by molar-refractivity contribution is -0.133. The number of ether oxygens (including phenoxy) is 1. The van der Waals surface area contributed by atoms with Crippen LogP contribution in [-0.2, 0) is 16.1 Å². The van der Waals surface area contributed by atoms with Gasteiger partial charge in [0, 0.05) is 0 Å². The summed E-state index contributed by atoms with van der Waals surface area (Å²) < 4.78 is 5.42. The van der Waals surface area contributed by atoms with Crippen molar-refractivity contribution in [2.24, 2.45) is 11.5 Å². The molecule has 0 aliphatic heterocycles. The molecule has 1 aromatic carbocycles. The van der Waals surface area contributed by atoms with Crippen molar-refractivity contribution >= 4 is 6.29 Å². The molecule has 0 bridgehead atoms. The number of rotatable bonds is 7. The molecule has 4 N–H and O–H groups in total. The van der Waals surface area contributed by atoms with Crippen LogP contribution in [0.5, 0.6) is 0 Å². The summed E-state index contributed by atoms with van der Waals surface area (Å²) in [6, 6.07) is 9.60. The van der Waals surface area contributed by atoms with Crippen LogP contribution in [-0.4, -0.2) is 18.6 Å². The molecule has 1 rings (SSSR count). The van der Waals surface area contributed by atoms with Crippen molar-refractivity contribution in [3.05, 3.63) is 35.9 Å². The SMILES string of the molecule is NCCCC(N)(C=O)OCc1ccccc1. The van der Waals surface area contributed by atoms with Crippen LogP contribution in [0, 0.1) is 0 Å². The Hall–Kier alpha value is -1.23. The minimum Gasteiger partial charge on any atom is -0.349 e. The summed E-state index contributed by atoms with van der Waals surface area (Å²) >= 11 is 0. The van der Waals surface area contributed by atoms with Gasteiger partial charge in [0.2, 0.25) is 0 Å². The number of carbonyl (C=O) groups excluding carboxylic acids is 1. The van der Waals surface area contributed by atoms with Crippen molar-refractivity contribution in [1.82, 2.24) is 0 Å². The Bertz CT molecular complexity index is 316. The molecule has 4 nitrogen and oxygen atoms in total. The normalized spacial score (nSPS) is 14.4. The van der Waals surface area contributed by atoms with E-state index >= 15 is 0 Å². The predicted octanol–water partition coefficient (Wildman–Crippen LogP) is 0.796. The van der Waals surface area contributed by atoms with E-state index in [9.17, 15) is 4.79 Å². The van der Waals surface area contributed by atoms with E-state index in [2.05, 4.69) is 0 Å². The number of hydrogen-bond donors (Lipinski definition) is 2. The average molecular weight is 222 g/mol. The van der Waals surface area contributed by atoms with E-state index in [-0.39, 0.29) is 0 Å². The first-order valence-electron chi connectivity index (χ1n) is 5.33. The topological polar surface area (TPSA) is 78.3 Å². The van der Waals surface area contributed by atoms with Crippen LogP contribution in [0.2, 0.25) is 0 Å². The van der Waals surface area contributed by atoms with Crippen LogP contribution in [0.3, 0.4) is 0 Å². The molecule has 0 heterocycles. The molecule has 0 spiro atoms. The first kappa shape index (κ1) is 12.8. The molecule has 4 heteroatoms. The van der Waals surface area contributed by atoms with Gasteiger partial charge in [-0.15, -0.1) is 0 Å². The van der Waals surface area contributed by atoms with Gasteiger partial charge in [-0.3, -0.25) is 10.5 Å². The third-order valence-corrected chi connectivity index (χ3v) is 2.32. The monoisotopic (exact) mass is 222 g/mol. The molecule has 1 unspecified atom stereocenters. The summed E-state index contributed by atoms with van der Waals surface area (Å²) in [6.45, 7) is 0.835. The summed E-state index contributed by atoms with van der Waals surface area (Å²) in [5, 5.41) is 0. The first-order valence-corrected chi connectivity index (χ1v) is 5.33. The van der Waals surface area contributed by atoms with Crippen molar-refractivity contribution in [3.63, 3.8) is 0 Å². The molecule has 0 amide bonds.